The molecular formula is C13H12N4O3S. The number of hydrogen-bond acceptors (Lipinski definition) is 6. The van der Waals surface area contributed by atoms with Crippen molar-refractivity contribution in [3.63, 3.8) is 0 Å². The molecule has 3 N–H and O–H groups in total. The van der Waals surface area contributed by atoms with Crippen LogP contribution < -0.4 is 15.2 Å². The molecule has 7 nitrogen and oxygen atoms in total. The van der Waals surface area contributed by atoms with Gasteiger partial charge in [0, 0.05) is 11.9 Å². The van der Waals surface area contributed by atoms with Gasteiger partial charge >= 0.3 is 0 Å². The number of nitrogens with zero attached hydrogens (tertiary/aromatic N) is 2. The Hall–Kier alpha value is -2.79. The van der Waals surface area contributed by atoms with Gasteiger partial charge in [0.2, 0.25) is 0 Å². The Bertz CT molecular complexity index is 795. The Morgan fingerprint density at radius 2 is 2.10 bits per heavy atom. The molecule has 0 atom stereocenters. The van der Waals surface area contributed by atoms with Crippen LogP contribution >= 0.6 is 0 Å². The van der Waals surface area contributed by atoms with Crippen molar-refractivity contribution < 1.29 is 13.2 Å². The predicted molar refractivity (Wildman–Crippen MR) is 77.2 cm³/mol. The van der Waals surface area contributed by atoms with Crippen molar-refractivity contribution in [2.75, 3.05) is 17.6 Å². The van der Waals surface area contributed by atoms with Gasteiger partial charge < -0.3 is 10.5 Å². The number of aromatic nitrogens is 1. The molecule has 0 unspecified atom stereocenters. The summed E-state index contributed by atoms with van der Waals surface area (Å²) in [6.45, 7) is 0. The fourth-order valence-electron chi connectivity index (χ4n) is 1.61. The van der Waals surface area contributed by atoms with E-state index in [9.17, 15) is 8.42 Å². The van der Waals surface area contributed by atoms with E-state index in [0.717, 1.165) is 6.20 Å². The highest BCUT2D eigenvalue weighted by atomic mass is 32.2. The van der Waals surface area contributed by atoms with Crippen molar-refractivity contribution in [2.45, 2.75) is 4.90 Å². The van der Waals surface area contributed by atoms with Crippen LogP contribution in [0.5, 0.6) is 5.75 Å². The zero-order valence-electron chi connectivity index (χ0n) is 11.1. The summed E-state index contributed by atoms with van der Waals surface area (Å²) in [7, 11) is -2.42. The molecule has 0 saturated carbocycles. The van der Waals surface area contributed by atoms with E-state index in [-0.39, 0.29) is 16.3 Å². The molecule has 21 heavy (non-hydrogen) atoms. The average Bonchev–Trinajstić information content (AvgIpc) is 2.47. The highest BCUT2D eigenvalue weighted by Crippen LogP contribution is 2.28. The first kappa shape index (κ1) is 14.6. The lowest BCUT2D eigenvalue weighted by molar-refractivity contribution is 0.417. The van der Waals surface area contributed by atoms with Gasteiger partial charge in [0.25, 0.3) is 10.0 Å². The number of sulfonamides is 1. The van der Waals surface area contributed by atoms with Crippen LogP contribution in [0.25, 0.3) is 0 Å². The van der Waals surface area contributed by atoms with E-state index < -0.39 is 10.0 Å². The van der Waals surface area contributed by atoms with Crippen LogP contribution in [-0.4, -0.2) is 20.5 Å². The minimum atomic E-state index is -3.85. The first-order valence-corrected chi connectivity index (χ1v) is 7.27. The molecule has 1 aromatic heterocycles. The molecule has 8 heteroatoms. The lowest BCUT2D eigenvalue weighted by Crippen LogP contribution is -2.14. The van der Waals surface area contributed by atoms with Crippen molar-refractivity contribution in [3.8, 4) is 11.8 Å². The molecule has 108 valence electrons. The molecule has 2 rings (SSSR count). The summed E-state index contributed by atoms with van der Waals surface area (Å²) >= 11 is 0. The zero-order chi connectivity index (χ0) is 15.5. The molecule has 0 bridgehead atoms. The number of nitrogens with one attached hydrogen (secondary N) is 1. The standard InChI is InChI=1S/C13H12N4O3S/c1-20-13-5-2-9(15)6-12(13)17-21(18,19)11-4-3-10(7-14)16-8-11/h2-6,8,17H,15H2,1H3. The van der Waals surface area contributed by atoms with Gasteiger partial charge in [0.15, 0.2) is 0 Å². The minimum absolute atomic E-state index is 0.0639. The van der Waals surface area contributed by atoms with E-state index in [4.69, 9.17) is 15.7 Å². The Labute approximate surface area is 122 Å². The second-order valence-electron chi connectivity index (χ2n) is 4.06. The van der Waals surface area contributed by atoms with E-state index in [2.05, 4.69) is 9.71 Å². The van der Waals surface area contributed by atoms with Gasteiger partial charge in [0.05, 0.1) is 12.8 Å². The number of nitrogens with two attached hydrogens (primary N) is 1. The second-order valence-corrected chi connectivity index (χ2v) is 5.74. The maximum Gasteiger partial charge on any atom is 0.263 e. The number of hydrogen-bond donors (Lipinski definition) is 2. The van der Waals surface area contributed by atoms with Gasteiger partial charge in [-0.05, 0) is 30.3 Å². The van der Waals surface area contributed by atoms with Gasteiger partial charge in [-0.25, -0.2) is 13.4 Å². The largest absolute Gasteiger partial charge is 0.495 e. The number of rotatable bonds is 4. The van der Waals surface area contributed by atoms with Crippen molar-refractivity contribution in [3.05, 3.63) is 42.2 Å². The monoisotopic (exact) mass is 304 g/mol. The summed E-state index contributed by atoms with van der Waals surface area (Å²) in [5.41, 5.74) is 6.39. The molecule has 2 aromatic rings. The van der Waals surface area contributed by atoms with Crippen LogP contribution in [0.2, 0.25) is 0 Å². The van der Waals surface area contributed by atoms with Gasteiger partial charge in [-0.3, -0.25) is 4.72 Å². The molecule has 0 aliphatic rings. The third kappa shape index (κ3) is 3.21. The van der Waals surface area contributed by atoms with Gasteiger partial charge in [-0.2, -0.15) is 5.26 Å². The van der Waals surface area contributed by atoms with Gasteiger partial charge in [0.1, 0.15) is 22.4 Å². The molecule has 0 aliphatic carbocycles. The number of ether oxygens (including phenoxy) is 1. The number of anilines is 2. The molecule has 1 aromatic carbocycles. The van der Waals surface area contributed by atoms with E-state index in [1.54, 1.807) is 12.1 Å². The number of benzene rings is 1. The Kier molecular flexibility index (Phi) is 3.95. The lowest BCUT2D eigenvalue weighted by Gasteiger charge is -2.12. The summed E-state index contributed by atoms with van der Waals surface area (Å²) in [5, 5.41) is 8.66. The molecule has 1 heterocycles. The maximum absolute atomic E-state index is 12.3. The topological polar surface area (TPSA) is 118 Å². The molecule has 0 amide bonds. The SMILES string of the molecule is COc1ccc(N)cc1NS(=O)(=O)c1ccc(C#N)nc1. The average molecular weight is 304 g/mol. The lowest BCUT2D eigenvalue weighted by atomic mass is 10.2. The first-order chi connectivity index (χ1) is 9.96. The fraction of sp³-hybridized carbons (Fsp3) is 0.0769. The van der Waals surface area contributed by atoms with Gasteiger partial charge in [-0.15, -0.1) is 0 Å². The molecule has 0 radical (unpaired) electrons. The fourth-order valence-corrected chi connectivity index (χ4v) is 2.62. The van der Waals surface area contributed by atoms with Crippen LogP contribution in [0.4, 0.5) is 11.4 Å². The van der Waals surface area contributed by atoms with E-state index in [0.29, 0.717) is 11.4 Å². The minimum Gasteiger partial charge on any atom is -0.495 e. The van der Waals surface area contributed by atoms with Crippen molar-refractivity contribution in [2.24, 2.45) is 0 Å². The third-order valence-corrected chi connectivity index (χ3v) is 3.98. The Morgan fingerprint density at radius 1 is 1.33 bits per heavy atom. The van der Waals surface area contributed by atoms with Crippen molar-refractivity contribution in [1.29, 1.82) is 5.26 Å². The quantitative estimate of drug-likeness (QED) is 0.823. The third-order valence-electron chi connectivity index (χ3n) is 2.63. The molecule has 0 saturated heterocycles. The van der Waals surface area contributed by atoms with Crippen molar-refractivity contribution in [1.82, 2.24) is 4.98 Å². The molecule has 0 fully saturated rings. The van der Waals surface area contributed by atoms with Crippen LogP contribution in [0, 0.1) is 11.3 Å². The van der Waals surface area contributed by atoms with E-state index in [1.165, 1.54) is 25.3 Å². The number of nitriles is 1. The number of nitrogen functional groups attached to an aromatic ring is 1. The van der Waals surface area contributed by atoms with Crippen molar-refractivity contribution >= 4 is 21.4 Å². The van der Waals surface area contributed by atoms with E-state index >= 15 is 0 Å². The van der Waals surface area contributed by atoms with Crippen LogP contribution in [-0.2, 0) is 10.0 Å². The Balaban J connectivity index is 2.37. The van der Waals surface area contributed by atoms with Crippen LogP contribution in [0.1, 0.15) is 5.69 Å². The van der Waals surface area contributed by atoms with E-state index in [1.807, 2.05) is 6.07 Å². The summed E-state index contributed by atoms with van der Waals surface area (Å²) in [6, 6.07) is 9.05. The number of methoxy groups -OCH3 is 1. The normalized spacial score (nSPS) is 10.7. The maximum atomic E-state index is 12.3. The Morgan fingerprint density at radius 3 is 2.67 bits per heavy atom. The predicted octanol–water partition coefficient (Wildman–Crippen LogP) is 1.34. The first-order valence-electron chi connectivity index (χ1n) is 5.79. The smallest absolute Gasteiger partial charge is 0.263 e. The summed E-state index contributed by atoms with van der Waals surface area (Å²) in [6.07, 6.45) is 1.11. The summed E-state index contributed by atoms with van der Waals surface area (Å²) < 4.78 is 32.0. The highest BCUT2D eigenvalue weighted by Gasteiger charge is 2.17. The zero-order valence-corrected chi connectivity index (χ0v) is 11.9. The van der Waals surface area contributed by atoms with Crippen LogP contribution in [0.3, 0.4) is 0 Å². The summed E-state index contributed by atoms with van der Waals surface area (Å²) in [5.74, 6) is 0.342. The molecule has 0 spiro atoms. The summed E-state index contributed by atoms with van der Waals surface area (Å²) in [4.78, 5) is 3.67. The molecular weight excluding hydrogens is 292 g/mol. The second kappa shape index (κ2) is 5.68. The highest BCUT2D eigenvalue weighted by molar-refractivity contribution is 7.92. The molecule has 0 aliphatic heterocycles. The van der Waals surface area contributed by atoms with Gasteiger partial charge in [-0.1, -0.05) is 0 Å². The van der Waals surface area contributed by atoms with Crippen LogP contribution in [0.15, 0.2) is 41.4 Å². The number of pyridine rings is 1.